The lowest BCUT2D eigenvalue weighted by Gasteiger charge is -2.17. The summed E-state index contributed by atoms with van der Waals surface area (Å²) in [7, 11) is 0. The van der Waals surface area contributed by atoms with E-state index in [1.54, 1.807) is 0 Å². The van der Waals surface area contributed by atoms with Crippen molar-refractivity contribution in [1.29, 1.82) is 0 Å². The minimum Gasteiger partial charge on any atom is -0.381 e. The molecule has 0 aromatic carbocycles. The Balaban J connectivity index is 1.98. The number of ether oxygens (including phenoxy) is 1. The van der Waals surface area contributed by atoms with Gasteiger partial charge >= 0.3 is 0 Å². The first-order chi connectivity index (χ1) is 6.77. The van der Waals surface area contributed by atoms with E-state index >= 15 is 0 Å². The summed E-state index contributed by atoms with van der Waals surface area (Å²) < 4.78 is 5.33. The Kier molecular flexibility index (Phi) is 2.82. The summed E-state index contributed by atoms with van der Waals surface area (Å²) in [5, 5.41) is 2.37. The zero-order valence-electron chi connectivity index (χ0n) is 8.12. The lowest BCUT2D eigenvalue weighted by Crippen LogP contribution is -2.26. The van der Waals surface area contributed by atoms with E-state index in [2.05, 4.69) is 5.32 Å². The number of nitrogens with one attached hydrogen (secondary N) is 1. The molecule has 0 saturated carbocycles. The van der Waals surface area contributed by atoms with Crippen molar-refractivity contribution in [3.8, 4) is 0 Å². The number of hydrogen-bond acceptors (Lipinski definition) is 3. The smallest absolute Gasteiger partial charge is 0.230 e. The van der Waals surface area contributed by atoms with Crippen LogP contribution in [0.1, 0.15) is 25.7 Å². The fraction of sp³-hybridized carbons (Fsp3) is 0.800. The number of rotatable bonds is 1. The molecule has 2 aliphatic rings. The highest BCUT2D eigenvalue weighted by molar-refractivity contribution is 6.03. The van der Waals surface area contributed by atoms with E-state index in [1.807, 2.05) is 0 Å². The Morgan fingerprint density at radius 2 is 2.07 bits per heavy atom. The highest BCUT2D eigenvalue weighted by Crippen LogP contribution is 2.29. The summed E-state index contributed by atoms with van der Waals surface area (Å²) in [6.07, 6.45) is 3.29. The van der Waals surface area contributed by atoms with Crippen LogP contribution in [0.15, 0.2) is 0 Å². The predicted octanol–water partition coefficient (Wildman–Crippen LogP) is 0.466. The van der Waals surface area contributed by atoms with E-state index in [1.165, 1.54) is 0 Å². The highest BCUT2D eigenvalue weighted by atomic mass is 16.5. The number of imide groups is 1. The Morgan fingerprint density at radius 3 is 2.79 bits per heavy atom. The molecule has 0 bridgehead atoms. The van der Waals surface area contributed by atoms with Crippen molar-refractivity contribution < 1.29 is 14.3 Å². The first-order valence-electron chi connectivity index (χ1n) is 5.19. The fourth-order valence-electron chi connectivity index (χ4n) is 2.29. The second kappa shape index (κ2) is 4.09. The third-order valence-electron chi connectivity index (χ3n) is 3.07. The summed E-state index contributed by atoms with van der Waals surface area (Å²) in [6.45, 7) is 1.52. The van der Waals surface area contributed by atoms with Crippen molar-refractivity contribution in [2.24, 2.45) is 11.8 Å². The largest absolute Gasteiger partial charge is 0.381 e. The van der Waals surface area contributed by atoms with E-state index in [4.69, 9.17) is 4.74 Å². The Hall–Kier alpha value is -0.900. The molecule has 2 saturated heterocycles. The van der Waals surface area contributed by atoms with Gasteiger partial charge in [-0.15, -0.1) is 0 Å². The third kappa shape index (κ3) is 1.95. The van der Waals surface area contributed by atoms with Gasteiger partial charge < -0.3 is 4.74 Å². The molecule has 0 spiro atoms. The Labute approximate surface area is 83.0 Å². The van der Waals surface area contributed by atoms with Crippen molar-refractivity contribution >= 4 is 11.8 Å². The van der Waals surface area contributed by atoms with Crippen LogP contribution in [-0.2, 0) is 14.3 Å². The van der Waals surface area contributed by atoms with Gasteiger partial charge in [0.2, 0.25) is 11.8 Å². The zero-order valence-corrected chi connectivity index (χ0v) is 8.12. The number of hydrogen-bond donors (Lipinski definition) is 1. The molecule has 2 amide bonds. The molecule has 1 N–H and O–H groups in total. The van der Waals surface area contributed by atoms with Crippen LogP contribution in [0.2, 0.25) is 0 Å². The van der Waals surface area contributed by atoms with Crippen LogP contribution < -0.4 is 5.32 Å². The summed E-state index contributed by atoms with van der Waals surface area (Å²) in [6, 6.07) is 0. The molecule has 2 aliphatic heterocycles. The first-order valence-corrected chi connectivity index (χ1v) is 5.19. The van der Waals surface area contributed by atoms with E-state index in [-0.39, 0.29) is 17.7 Å². The van der Waals surface area contributed by atoms with Crippen molar-refractivity contribution in [2.75, 3.05) is 13.2 Å². The van der Waals surface area contributed by atoms with E-state index in [0.717, 1.165) is 32.5 Å². The van der Waals surface area contributed by atoms with Gasteiger partial charge in [0.1, 0.15) is 0 Å². The normalized spacial score (nSPS) is 34.0. The van der Waals surface area contributed by atoms with Crippen molar-refractivity contribution in [3.63, 3.8) is 0 Å². The number of carbonyl (C=O) groups excluding carboxylic acids is 2. The van der Waals surface area contributed by atoms with Crippen LogP contribution in [0.5, 0.6) is 0 Å². The summed E-state index contributed by atoms with van der Waals surface area (Å²) >= 11 is 0. The summed E-state index contributed by atoms with van der Waals surface area (Å²) in [5.74, 6) is 0.0419. The quantitative estimate of drug-likeness (QED) is 0.621. The third-order valence-corrected chi connectivity index (χ3v) is 3.07. The van der Waals surface area contributed by atoms with Gasteiger partial charge in [-0.25, -0.2) is 0 Å². The molecule has 2 rings (SSSR count). The minimum absolute atomic E-state index is 0.0816. The summed E-state index contributed by atoms with van der Waals surface area (Å²) in [5.41, 5.74) is 0. The minimum atomic E-state index is -0.120. The molecule has 0 aliphatic carbocycles. The van der Waals surface area contributed by atoms with Crippen molar-refractivity contribution in [3.05, 3.63) is 0 Å². The number of amides is 2. The standard InChI is InChI=1S/C10H15NO3/c12-9-6-8(10(13)11-9)7-2-1-4-14-5-3-7/h7-8H,1-6H2,(H,11,12,13). The SMILES string of the molecule is O=C1CC(C2CCCOCC2)C(=O)N1. The van der Waals surface area contributed by atoms with Gasteiger partial charge in [0.25, 0.3) is 0 Å². The van der Waals surface area contributed by atoms with E-state index < -0.39 is 0 Å². The molecule has 14 heavy (non-hydrogen) atoms. The predicted molar refractivity (Wildman–Crippen MR) is 49.4 cm³/mol. The molecule has 2 fully saturated rings. The van der Waals surface area contributed by atoms with Crippen molar-refractivity contribution in [2.45, 2.75) is 25.7 Å². The van der Waals surface area contributed by atoms with E-state index in [0.29, 0.717) is 12.3 Å². The maximum absolute atomic E-state index is 11.4. The van der Waals surface area contributed by atoms with Crippen LogP contribution in [0, 0.1) is 11.8 Å². The molecule has 2 atom stereocenters. The summed E-state index contributed by atoms with van der Waals surface area (Å²) in [4.78, 5) is 22.5. The molecule has 78 valence electrons. The van der Waals surface area contributed by atoms with Gasteiger partial charge in [0, 0.05) is 19.6 Å². The maximum Gasteiger partial charge on any atom is 0.230 e. The number of carbonyl (C=O) groups is 2. The average molecular weight is 197 g/mol. The average Bonchev–Trinajstić information content (AvgIpc) is 2.43. The molecule has 0 aromatic rings. The lowest BCUT2D eigenvalue weighted by molar-refractivity contribution is -0.126. The van der Waals surface area contributed by atoms with Gasteiger partial charge in [0.05, 0.1) is 5.92 Å². The fourth-order valence-corrected chi connectivity index (χ4v) is 2.29. The molecule has 2 unspecified atom stereocenters. The van der Waals surface area contributed by atoms with Crippen LogP contribution >= 0.6 is 0 Å². The first kappa shape index (κ1) is 9.65. The molecular formula is C10H15NO3. The second-order valence-electron chi connectivity index (χ2n) is 4.03. The van der Waals surface area contributed by atoms with Crippen LogP contribution in [-0.4, -0.2) is 25.0 Å². The lowest BCUT2D eigenvalue weighted by atomic mass is 9.85. The monoisotopic (exact) mass is 197 g/mol. The van der Waals surface area contributed by atoms with Crippen LogP contribution in [0.4, 0.5) is 0 Å². The maximum atomic E-state index is 11.4. The Bertz CT molecular complexity index is 244. The molecule has 2 heterocycles. The van der Waals surface area contributed by atoms with Crippen molar-refractivity contribution in [1.82, 2.24) is 5.32 Å². The molecule has 0 aromatic heterocycles. The molecule has 4 nitrogen and oxygen atoms in total. The molecule has 4 heteroatoms. The topological polar surface area (TPSA) is 55.4 Å². The van der Waals surface area contributed by atoms with Gasteiger partial charge in [-0.2, -0.15) is 0 Å². The highest BCUT2D eigenvalue weighted by Gasteiger charge is 2.36. The molecule has 0 radical (unpaired) electrons. The van der Waals surface area contributed by atoms with Gasteiger partial charge in [-0.3, -0.25) is 14.9 Å². The molecular weight excluding hydrogens is 182 g/mol. The van der Waals surface area contributed by atoms with Gasteiger partial charge in [-0.1, -0.05) is 0 Å². The van der Waals surface area contributed by atoms with Crippen LogP contribution in [0.25, 0.3) is 0 Å². The van der Waals surface area contributed by atoms with Gasteiger partial charge in [-0.05, 0) is 25.2 Å². The second-order valence-corrected chi connectivity index (χ2v) is 4.03. The Morgan fingerprint density at radius 1 is 1.21 bits per heavy atom. The van der Waals surface area contributed by atoms with Crippen LogP contribution in [0.3, 0.4) is 0 Å². The van der Waals surface area contributed by atoms with E-state index in [9.17, 15) is 9.59 Å². The zero-order chi connectivity index (χ0) is 9.97. The van der Waals surface area contributed by atoms with Gasteiger partial charge in [0.15, 0.2) is 0 Å².